The van der Waals surface area contributed by atoms with Gasteiger partial charge >= 0.3 is 0 Å². The van der Waals surface area contributed by atoms with Gasteiger partial charge in [0, 0.05) is 25.2 Å². The van der Waals surface area contributed by atoms with E-state index >= 15 is 0 Å². The lowest BCUT2D eigenvalue weighted by Gasteiger charge is -2.32. The number of aryl methyl sites for hydroxylation is 2. The molecule has 1 atom stereocenters. The van der Waals surface area contributed by atoms with Gasteiger partial charge in [0.15, 0.2) is 11.9 Å². The number of hydrogen-bond acceptors (Lipinski definition) is 8. The molecule has 1 saturated heterocycles. The summed E-state index contributed by atoms with van der Waals surface area (Å²) in [5.74, 6) is -0.703. The molecule has 0 radical (unpaired) electrons. The number of nitrogens with zero attached hydrogens (tertiary/aromatic N) is 3. The monoisotopic (exact) mass is 579 g/mol. The van der Waals surface area contributed by atoms with E-state index in [0.29, 0.717) is 25.7 Å². The molecule has 1 amide bonds. The Morgan fingerprint density at radius 2 is 1.64 bits per heavy atom. The summed E-state index contributed by atoms with van der Waals surface area (Å²) in [5.41, 5.74) is 6.07. The van der Waals surface area contributed by atoms with Gasteiger partial charge in [0.2, 0.25) is 20.0 Å². The van der Waals surface area contributed by atoms with Crippen molar-refractivity contribution in [2.75, 3.05) is 13.1 Å². The van der Waals surface area contributed by atoms with E-state index in [1.807, 2.05) is 0 Å². The van der Waals surface area contributed by atoms with Crippen molar-refractivity contribution in [3.05, 3.63) is 39.7 Å². The lowest BCUT2D eigenvalue weighted by atomic mass is 9.92. The van der Waals surface area contributed by atoms with Gasteiger partial charge < -0.3 is 15.6 Å². The van der Waals surface area contributed by atoms with Crippen LogP contribution in [0, 0.1) is 13.8 Å². The van der Waals surface area contributed by atoms with Crippen molar-refractivity contribution in [2.24, 2.45) is 5.73 Å². The third kappa shape index (κ3) is 5.02. The number of hydrogen-bond donors (Lipinski definition) is 2. The number of sulfonamides is 2. The van der Waals surface area contributed by atoms with Crippen molar-refractivity contribution < 1.29 is 26.2 Å². The van der Waals surface area contributed by atoms with Crippen LogP contribution in [-0.2, 0) is 24.8 Å². The summed E-state index contributed by atoms with van der Waals surface area (Å²) in [6, 6.07) is 3.53. The van der Waals surface area contributed by atoms with E-state index in [4.69, 9.17) is 33.5 Å². The molecule has 2 fully saturated rings. The molecular formula is C21H27Cl2N5O6S2. The quantitative estimate of drug-likeness (QED) is 0.526. The number of carbonyl (C=O) groups is 1. The molecule has 1 aliphatic heterocycles. The number of nitrogens with one attached hydrogen (secondary N) is 1. The van der Waals surface area contributed by atoms with Crippen molar-refractivity contribution >= 4 is 49.2 Å². The molecular weight excluding hydrogens is 553 g/mol. The number of rotatable bonds is 6. The van der Waals surface area contributed by atoms with Gasteiger partial charge in [-0.25, -0.2) is 16.8 Å². The Kier molecular flexibility index (Phi) is 7.73. The largest absolute Gasteiger partial charge is 0.360 e. The van der Waals surface area contributed by atoms with Gasteiger partial charge in [-0.15, -0.1) is 0 Å². The fourth-order valence-corrected chi connectivity index (χ4v) is 8.46. The maximum absolute atomic E-state index is 13.7. The summed E-state index contributed by atoms with van der Waals surface area (Å²) in [5, 5.41) is 6.71. The molecule has 1 aromatic heterocycles. The van der Waals surface area contributed by atoms with E-state index < -0.39 is 32.1 Å². The Bertz CT molecular complexity index is 1350. The number of halogens is 2. The fraction of sp³-hybridized carbons (Fsp3) is 0.524. The lowest BCUT2D eigenvalue weighted by molar-refractivity contribution is -0.127. The van der Waals surface area contributed by atoms with E-state index in [1.165, 1.54) is 32.0 Å². The van der Waals surface area contributed by atoms with Crippen LogP contribution in [0.25, 0.3) is 0 Å². The second-order valence-corrected chi connectivity index (χ2v) is 13.5. The van der Waals surface area contributed by atoms with Crippen LogP contribution in [-0.4, -0.2) is 67.8 Å². The second kappa shape index (κ2) is 10.2. The highest BCUT2D eigenvalue weighted by atomic mass is 35.5. The molecule has 0 bridgehead atoms. The molecule has 2 heterocycles. The molecule has 1 aliphatic carbocycles. The maximum atomic E-state index is 13.7. The minimum atomic E-state index is -4.35. The lowest BCUT2D eigenvalue weighted by Crippen LogP contribution is -2.56. The van der Waals surface area contributed by atoms with Crippen molar-refractivity contribution in [1.29, 1.82) is 0 Å². The Morgan fingerprint density at radius 3 is 2.19 bits per heavy atom. The molecule has 15 heteroatoms. The average Bonchev–Trinajstić information content (AvgIpc) is 3.42. The summed E-state index contributed by atoms with van der Waals surface area (Å²) >= 11 is 12.0. The zero-order valence-corrected chi connectivity index (χ0v) is 22.8. The standard InChI is InChI=1S/C21H27Cl2N5O6S2/c1-12-19(13(2)34-26-12)36(32,33)28-10-9-27(35(30,31)16-7-8-17(22)18(23)11-16)21(28)20(29)25-15-5-3-14(24)4-6-15/h7-8,11,14-15,21H,3-6,9-10,24H2,1-2H3,(H,25,29). The first kappa shape index (κ1) is 27.3. The smallest absolute Gasteiger partial charge is 0.254 e. The first-order valence-corrected chi connectivity index (χ1v) is 14.9. The molecule has 36 heavy (non-hydrogen) atoms. The van der Waals surface area contributed by atoms with Crippen LogP contribution < -0.4 is 11.1 Å². The van der Waals surface area contributed by atoms with Crippen LogP contribution in [0.1, 0.15) is 37.1 Å². The third-order valence-electron chi connectivity index (χ3n) is 6.47. The van der Waals surface area contributed by atoms with Crippen LogP contribution in [0.2, 0.25) is 10.0 Å². The first-order chi connectivity index (χ1) is 16.8. The highest BCUT2D eigenvalue weighted by Gasteiger charge is 2.51. The average molecular weight is 581 g/mol. The van der Waals surface area contributed by atoms with Gasteiger partial charge in [0.1, 0.15) is 10.6 Å². The minimum Gasteiger partial charge on any atom is -0.360 e. The van der Waals surface area contributed by atoms with Crippen LogP contribution in [0.3, 0.4) is 0 Å². The van der Waals surface area contributed by atoms with Crippen molar-refractivity contribution in [1.82, 2.24) is 19.1 Å². The highest BCUT2D eigenvalue weighted by molar-refractivity contribution is 7.90. The molecule has 4 rings (SSSR count). The summed E-state index contributed by atoms with van der Waals surface area (Å²) in [6.45, 7) is 2.40. The zero-order valence-electron chi connectivity index (χ0n) is 19.6. The summed E-state index contributed by atoms with van der Waals surface area (Å²) in [4.78, 5) is 13.2. The van der Waals surface area contributed by atoms with Crippen molar-refractivity contribution in [3.8, 4) is 0 Å². The van der Waals surface area contributed by atoms with E-state index in [9.17, 15) is 21.6 Å². The van der Waals surface area contributed by atoms with Gasteiger partial charge in [-0.1, -0.05) is 28.4 Å². The third-order valence-corrected chi connectivity index (χ3v) is 11.2. The van der Waals surface area contributed by atoms with E-state index in [1.54, 1.807) is 0 Å². The van der Waals surface area contributed by atoms with Crippen molar-refractivity contribution in [2.45, 2.75) is 67.6 Å². The predicted molar refractivity (Wildman–Crippen MR) is 132 cm³/mol. The number of carbonyl (C=O) groups excluding carboxylic acids is 1. The van der Waals surface area contributed by atoms with Crippen LogP contribution >= 0.6 is 23.2 Å². The SMILES string of the molecule is Cc1noc(C)c1S(=O)(=O)N1CCN(S(=O)(=O)c2ccc(Cl)c(Cl)c2)C1C(=O)NC1CCC(N)CC1. The Labute approximate surface area is 220 Å². The number of nitrogens with two attached hydrogens (primary N) is 1. The van der Waals surface area contributed by atoms with Gasteiger partial charge in [-0.05, 0) is 57.7 Å². The highest BCUT2D eigenvalue weighted by Crippen LogP contribution is 2.34. The van der Waals surface area contributed by atoms with Crippen LogP contribution in [0.4, 0.5) is 0 Å². The summed E-state index contributed by atoms with van der Waals surface area (Å²) in [7, 11) is -8.69. The van der Waals surface area contributed by atoms with E-state index in [0.717, 1.165) is 8.61 Å². The summed E-state index contributed by atoms with van der Waals surface area (Å²) < 4.78 is 61.3. The minimum absolute atomic E-state index is 0.0108. The molecule has 11 nitrogen and oxygen atoms in total. The maximum Gasteiger partial charge on any atom is 0.254 e. The molecule has 3 N–H and O–H groups in total. The fourth-order valence-electron chi connectivity index (χ4n) is 4.62. The first-order valence-electron chi connectivity index (χ1n) is 11.3. The zero-order chi connectivity index (χ0) is 26.4. The Balaban J connectivity index is 1.74. The molecule has 1 aromatic carbocycles. The molecule has 1 saturated carbocycles. The van der Waals surface area contributed by atoms with Crippen LogP contribution in [0.5, 0.6) is 0 Å². The molecule has 198 valence electrons. The molecule has 2 aliphatic rings. The van der Waals surface area contributed by atoms with E-state index in [2.05, 4.69) is 10.5 Å². The Morgan fingerprint density at radius 1 is 1.03 bits per heavy atom. The van der Waals surface area contributed by atoms with Gasteiger partial charge in [0.25, 0.3) is 5.91 Å². The molecule has 0 spiro atoms. The predicted octanol–water partition coefficient (Wildman–Crippen LogP) is 2.01. The second-order valence-electron chi connectivity index (χ2n) is 8.95. The van der Waals surface area contributed by atoms with Crippen molar-refractivity contribution in [3.63, 3.8) is 0 Å². The molecule has 2 aromatic rings. The normalized spacial score (nSPS) is 24.2. The van der Waals surface area contributed by atoms with Gasteiger partial charge in [-0.3, -0.25) is 4.79 Å². The van der Waals surface area contributed by atoms with Crippen LogP contribution in [0.15, 0.2) is 32.5 Å². The number of benzene rings is 1. The number of aromatic nitrogens is 1. The topological polar surface area (TPSA) is 156 Å². The van der Waals surface area contributed by atoms with Gasteiger partial charge in [0.05, 0.1) is 14.9 Å². The van der Waals surface area contributed by atoms with Gasteiger partial charge in [-0.2, -0.15) is 8.61 Å². The Hall–Kier alpha value is -1.74. The van der Waals surface area contributed by atoms with E-state index in [-0.39, 0.29) is 56.5 Å². The number of amides is 1. The summed E-state index contributed by atoms with van der Waals surface area (Å²) in [6.07, 6.45) is 0.939. The molecule has 1 unspecified atom stereocenters.